The average molecular weight is 376 g/mol. The van der Waals surface area contributed by atoms with Crippen LogP contribution in [0.5, 0.6) is 0 Å². The first-order valence-corrected chi connectivity index (χ1v) is 9.67. The van der Waals surface area contributed by atoms with Gasteiger partial charge in [-0.3, -0.25) is 0 Å². The van der Waals surface area contributed by atoms with E-state index in [4.69, 9.17) is 9.47 Å². The molecule has 2 aliphatic rings. The van der Waals surface area contributed by atoms with Gasteiger partial charge in [0.25, 0.3) is 0 Å². The number of aryl methyl sites for hydroxylation is 2. The molecule has 26 heavy (non-hydrogen) atoms. The summed E-state index contributed by atoms with van der Waals surface area (Å²) in [5.74, 6) is -1.43. The van der Waals surface area contributed by atoms with Gasteiger partial charge in [-0.25, -0.2) is 0 Å². The molecule has 5 nitrogen and oxygen atoms in total. The molecule has 140 valence electrons. The van der Waals surface area contributed by atoms with Gasteiger partial charge in [0.15, 0.2) is 0 Å². The quantitative estimate of drug-likeness (QED) is 0.748. The van der Waals surface area contributed by atoms with Crippen molar-refractivity contribution in [3.05, 3.63) is 56.3 Å². The van der Waals surface area contributed by atoms with Crippen LogP contribution >= 0.6 is 11.3 Å². The zero-order chi connectivity index (χ0) is 18.6. The molecule has 1 spiro atoms. The molecule has 0 amide bonds. The van der Waals surface area contributed by atoms with Gasteiger partial charge in [0.1, 0.15) is 18.3 Å². The number of ether oxygens (including phenoxy) is 2. The Balaban J connectivity index is 1.75. The first-order valence-electron chi connectivity index (χ1n) is 8.86. The van der Waals surface area contributed by atoms with Gasteiger partial charge in [-0.1, -0.05) is 6.07 Å². The van der Waals surface area contributed by atoms with E-state index in [2.05, 4.69) is 32.0 Å². The summed E-state index contributed by atoms with van der Waals surface area (Å²) in [5, 5.41) is 30.9. The van der Waals surface area contributed by atoms with E-state index in [-0.39, 0.29) is 0 Å². The number of rotatable bonds is 2. The number of hydrogen-bond acceptors (Lipinski definition) is 6. The Morgan fingerprint density at radius 3 is 2.62 bits per heavy atom. The largest absolute Gasteiger partial charge is 0.388 e. The van der Waals surface area contributed by atoms with E-state index >= 15 is 0 Å². The van der Waals surface area contributed by atoms with Crippen LogP contribution in [0.2, 0.25) is 0 Å². The van der Waals surface area contributed by atoms with Crippen LogP contribution in [0, 0.1) is 13.8 Å². The molecule has 0 radical (unpaired) electrons. The summed E-state index contributed by atoms with van der Waals surface area (Å²) in [6.07, 6.45) is -3.68. The van der Waals surface area contributed by atoms with Crippen LogP contribution in [0.15, 0.2) is 24.3 Å². The molecule has 0 bridgehead atoms. The smallest absolute Gasteiger partial charge is 0.225 e. The second kappa shape index (κ2) is 6.41. The minimum atomic E-state index is -1.43. The highest BCUT2D eigenvalue weighted by Crippen LogP contribution is 2.46. The van der Waals surface area contributed by atoms with E-state index in [1.54, 1.807) is 18.3 Å². The first-order chi connectivity index (χ1) is 12.3. The lowest BCUT2D eigenvalue weighted by Crippen LogP contribution is -2.62. The van der Waals surface area contributed by atoms with Gasteiger partial charge in [0.2, 0.25) is 5.79 Å². The minimum absolute atomic E-state index is 0.307. The third kappa shape index (κ3) is 2.72. The van der Waals surface area contributed by atoms with E-state index in [0.717, 1.165) is 28.7 Å². The molecule has 0 aliphatic carbocycles. The Morgan fingerprint density at radius 2 is 1.92 bits per heavy atom. The molecule has 3 N–H and O–H groups in total. The number of aliphatic hydroxyl groups is 3. The van der Waals surface area contributed by atoms with Gasteiger partial charge in [-0.2, -0.15) is 0 Å². The lowest BCUT2D eigenvalue weighted by atomic mass is 9.86. The SMILES string of the molecule is Cc1ccc(Cc2cc3c(cc2C)CO[C@]32O[C@H](C)[C@@H](O)[C@H](O)C2O)s1. The van der Waals surface area contributed by atoms with Crippen molar-refractivity contribution in [3.63, 3.8) is 0 Å². The molecule has 3 heterocycles. The molecule has 2 aromatic rings. The van der Waals surface area contributed by atoms with Crippen LogP contribution in [0.1, 0.15) is 38.9 Å². The zero-order valence-electron chi connectivity index (χ0n) is 15.1. The van der Waals surface area contributed by atoms with E-state index < -0.39 is 30.2 Å². The fourth-order valence-electron chi connectivity index (χ4n) is 3.92. The predicted molar refractivity (Wildman–Crippen MR) is 98.1 cm³/mol. The summed E-state index contributed by atoms with van der Waals surface area (Å²) in [6, 6.07) is 8.33. The molecule has 4 rings (SSSR count). The molecular weight excluding hydrogens is 352 g/mol. The van der Waals surface area contributed by atoms with Crippen molar-refractivity contribution >= 4 is 11.3 Å². The van der Waals surface area contributed by atoms with Crippen LogP contribution in [-0.2, 0) is 28.3 Å². The Kier molecular flexibility index (Phi) is 4.46. The molecule has 2 aliphatic heterocycles. The molecule has 5 atom stereocenters. The van der Waals surface area contributed by atoms with Crippen LogP contribution in [0.25, 0.3) is 0 Å². The normalized spacial score (nSPS) is 33.6. The molecular formula is C20H24O5S. The van der Waals surface area contributed by atoms with Crippen LogP contribution < -0.4 is 0 Å². The summed E-state index contributed by atoms with van der Waals surface area (Å²) in [4.78, 5) is 2.54. The molecule has 1 unspecified atom stereocenters. The summed E-state index contributed by atoms with van der Waals surface area (Å²) in [7, 11) is 0. The monoisotopic (exact) mass is 376 g/mol. The van der Waals surface area contributed by atoms with Crippen molar-refractivity contribution < 1.29 is 24.8 Å². The van der Waals surface area contributed by atoms with E-state index in [9.17, 15) is 15.3 Å². The molecule has 1 saturated heterocycles. The Bertz CT molecular complexity index is 832. The molecule has 0 saturated carbocycles. The van der Waals surface area contributed by atoms with Crippen LogP contribution in [0.3, 0.4) is 0 Å². The number of aliphatic hydroxyl groups excluding tert-OH is 3. The average Bonchev–Trinajstić information content (AvgIpc) is 3.16. The number of benzene rings is 1. The maximum atomic E-state index is 10.7. The van der Waals surface area contributed by atoms with Crippen LogP contribution in [-0.4, -0.2) is 39.7 Å². The minimum Gasteiger partial charge on any atom is -0.388 e. The van der Waals surface area contributed by atoms with Gasteiger partial charge >= 0.3 is 0 Å². The number of fused-ring (bicyclic) bond motifs is 2. The van der Waals surface area contributed by atoms with E-state index in [1.165, 1.54) is 9.75 Å². The Morgan fingerprint density at radius 1 is 1.15 bits per heavy atom. The lowest BCUT2D eigenvalue weighted by Gasteiger charge is -2.45. The van der Waals surface area contributed by atoms with Crippen molar-refractivity contribution in [3.8, 4) is 0 Å². The standard InChI is InChI=1S/C20H24O5S/c1-10-6-14-9-24-20(19(23)18(22)17(21)12(3)25-20)16(14)8-13(10)7-15-5-4-11(2)26-15/h4-6,8,12,17-19,21-23H,7,9H2,1-3H3/t12-,17-,18+,19?,20+/m1/s1. The number of hydrogen-bond donors (Lipinski definition) is 3. The zero-order valence-corrected chi connectivity index (χ0v) is 15.9. The van der Waals surface area contributed by atoms with E-state index in [1.807, 2.05) is 6.07 Å². The van der Waals surface area contributed by atoms with Crippen molar-refractivity contribution in [1.82, 2.24) is 0 Å². The molecule has 1 fully saturated rings. The second-order valence-corrected chi connectivity index (χ2v) is 8.70. The van der Waals surface area contributed by atoms with Crippen molar-refractivity contribution in [1.29, 1.82) is 0 Å². The summed E-state index contributed by atoms with van der Waals surface area (Å²) < 4.78 is 11.8. The molecule has 1 aromatic heterocycles. The van der Waals surface area contributed by atoms with Crippen LogP contribution in [0.4, 0.5) is 0 Å². The maximum Gasteiger partial charge on any atom is 0.225 e. The van der Waals surface area contributed by atoms with Crippen molar-refractivity contribution in [2.75, 3.05) is 0 Å². The highest BCUT2D eigenvalue weighted by molar-refractivity contribution is 7.11. The first kappa shape index (κ1) is 18.1. The Labute approximate surface area is 156 Å². The van der Waals surface area contributed by atoms with Gasteiger partial charge in [0, 0.05) is 21.7 Å². The predicted octanol–water partition coefficient (Wildman–Crippen LogP) is 2.14. The molecule has 6 heteroatoms. The Hall–Kier alpha value is -1.28. The van der Waals surface area contributed by atoms with E-state index in [0.29, 0.717) is 6.61 Å². The summed E-state index contributed by atoms with van der Waals surface area (Å²) >= 11 is 1.77. The third-order valence-corrected chi connectivity index (χ3v) is 6.45. The van der Waals surface area contributed by atoms with Gasteiger partial charge < -0.3 is 24.8 Å². The summed E-state index contributed by atoms with van der Waals surface area (Å²) in [5.41, 5.74) is 3.99. The molecule has 1 aromatic carbocycles. The maximum absolute atomic E-state index is 10.7. The summed E-state index contributed by atoms with van der Waals surface area (Å²) in [6.45, 7) is 6.14. The highest BCUT2D eigenvalue weighted by atomic mass is 32.1. The van der Waals surface area contributed by atoms with Crippen molar-refractivity contribution in [2.45, 2.75) is 64.0 Å². The topological polar surface area (TPSA) is 79.2 Å². The van der Waals surface area contributed by atoms with Gasteiger partial charge in [0.05, 0.1) is 12.7 Å². The highest BCUT2D eigenvalue weighted by Gasteiger charge is 2.57. The van der Waals surface area contributed by atoms with Gasteiger partial charge in [-0.05, 0) is 55.7 Å². The lowest BCUT2D eigenvalue weighted by molar-refractivity contribution is -0.362. The van der Waals surface area contributed by atoms with Crippen molar-refractivity contribution in [2.24, 2.45) is 0 Å². The fourth-order valence-corrected chi connectivity index (χ4v) is 4.84. The second-order valence-electron chi connectivity index (χ2n) is 7.33. The fraction of sp³-hybridized carbons (Fsp3) is 0.500. The number of thiophene rings is 1. The van der Waals surface area contributed by atoms with Gasteiger partial charge in [-0.15, -0.1) is 11.3 Å². The third-order valence-electron chi connectivity index (χ3n) is 5.44.